The Bertz CT molecular complexity index is 2180. The van der Waals surface area contributed by atoms with E-state index in [0.717, 1.165) is 108 Å². The maximum atomic E-state index is 13.5. The summed E-state index contributed by atoms with van der Waals surface area (Å²) in [5.74, 6) is 0.736. The minimum absolute atomic E-state index is 0.103. The second kappa shape index (κ2) is 17.3. The van der Waals surface area contributed by atoms with Crippen molar-refractivity contribution in [3.8, 4) is 12.1 Å². The molecule has 0 spiro atoms. The van der Waals surface area contributed by atoms with Crippen LogP contribution in [0.1, 0.15) is 47.9 Å². The first-order valence-corrected chi connectivity index (χ1v) is 19.8. The minimum atomic E-state index is -0.464. The summed E-state index contributed by atoms with van der Waals surface area (Å²) in [4.78, 5) is 23.7. The number of nitrogens with one attached hydrogen (secondary N) is 2. The number of nitrogens with zero attached hydrogens (tertiary/aromatic N) is 8. The molecule has 54 heavy (non-hydrogen) atoms. The molecule has 276 valence electrons. The fourth-order valence-electron chi connectivity index (χ4n) is 6.77. The highest BCUT2D eigenvalue weighted by atomic mass is 35.5. The Morgan fingerprint density at radius 3 is 1.44 bits per heavy atom. The number of anilines is 2. The van der Waals surface area contributed by atoms with Crippen LogP contribution in [0, 0.1) is 34.3 Å². The van der Waals surface area contributed by atoms with E-state index >= 15 is 0 Å². The fourth-order valence-corrected chi connectivity index (χ4v) is 8.88. The van der Waals surface area contributed by atoms with Crippen LogP contribution in [0.2, 0.25) is 8.67 Å². The van der Waals surface area contributed by atoms with Gasteiger partial charge in [0, 0.05) is 51.4 Å². The molecular formula is C38H34Cl2F2N10S2. The Balaban J connectivity index is 0.000000167. The maximum Gasteiger partial charge on any atom is 0.140 e. The van der Waals surface area contributed by atoms with Crippen molar-refractivity contribution in [2.45, 2.75) is 50.9 Å². The standard InChI is InChI=1S/2C19H17ClFN5S/c2*20-17-8-15-18(23-11-24-19(15)27-17)25-14-3-5-26(6-4-14)10-12-1-2-16(21)13(7-12)9-22/h2*1-2,7-8,11,14H,3-6,10H2,(H,23,24,25). The van der Waals surface area contributed by atoms with E-state index < -0.39 is 11.6 Å². The molecule has 4 aromatic heterocycles. The van der Waals surface area contributed by atoms with Gasteiger partial charge in [-0.2, -0.15) is 10.5 Å². The second-order valence-electron chi connectivity index (χ2n) is 13.2. The molecule has 2 aromatic carbocycles. The highest BCUT2D eigenvalue weighted by molar-refractivity contribution is 7.22. The van der Waals surface area contributed by atoms with Crippen molar-refractivity contribution in [3.05, 3.63) is 104 Å². The molecule has 2 fully saturated rings. The number of thiophene rings is 2. The van der Waals surface area contributed by atoms with Gasteiger partial charge in [-0.3, -0.25) is 9.80 Å². The molecule has 2 N–H and O–H groups in total. The van der Waals surface area contributed by atoms with Crippen LogP contribution in [0.15, 0.2) is 61.2 Å². The second-order valence-corrected chi connectivity index (χ2v) is 16.5. The predicted molar refractivity (Wildman–Crippen MR) is 211 cm³/mol. The summed E-state index contributed by atoms with van der Waals surface area (Å²) in [6.07, 6.45) is 7.05. The number of hydrogen-bond donors (Lipinski definition) is 2. The smallest absolute Gasteiger partial charge is 0.140 e. The van der Waals surface area contributed by atoms with Crippen LogP contribution in [0.3, 0.4) is 0 Å². The van der Waals surface area contributed by atoms with Gasteiger partial charge in [-0.25, -0.2) is 28.7 Å². The highest BCUT2D eigenvalue weighted by Gasteiger charge is 2.22. The first kappa shape index (κ1) is 37.8. The first-order valence-electron chi connectivity index (χ1n) is 17.4. The molecule has 0 amide bonds. The zero-order chi connectivity index (χ0) is 37.6. The van der Waals surface area contributed by atoms with Crippen molar-refractivity contribution in [1.29, 1.82) is 10.5 Å². The number of piperidine rings is 2. The molecule has 0 saturated carbocycles. The van der Waals surface area contributed by atoms with Crippen LogP contribution >= 0.6 is 45.9 Å². The summed E-state index contributed by atoms with van der Waals surface area (Å²) in [5.41, 5.74) is 2.13. The van der Waals surface area contributed by atoms with Gasteiger partial charge >= 0.3 is 0 Å². The number of likely N-dealkylation sites (tertiary alicyclic amines) is 2. The van der Waals surface area contributed by atoms with Crippen LogP contribution in [0.5, 0.6) is 0 Å². The van der Waals surface area contributed by atoms with Gasteiger partial charge in [-0.1, -0.05) is 35.3 Å². The average molecular weight is 804 g/mol. The minimum Gasteiger partial charge on any atom is -0.367 e. The number of nitriles is 2. The van der Waals surface area contributed by atoms with Crippen molar-refractivity contribution < 1.29 is 8.78 Å². The molecule has 8 rings (SSSR count). The molecule has 0 aliphatic carbocycles. The summed E-state index contributed by atoms with van der Waals surface area (Å²) < 4.78 is 28.3. The average Bonchev–Trinajstić information content (AvgIpc) is 3.77. The van der Waals surface area contributed by atoms with Gasteiger partial charge in [0.15, 0.2) is 0 Å². The third-order valence-corrected chi connectivity index (χ3v) is 11.9. The quantitative estimate of drug-likeness (QED) is 0.154. The zero-order valence-corrected chi connectivity index (χ0v) is 32.1. The Morgan fingerprint density at radius 2 is 1.06 bits per heavy atom. The van der Waals surface area contributed by atoms with E-state index in [0.29, 0.717) is 20.8 Å². The van der Waals surface area contributed by atoms with Crippen LogP contribution in [-0.4, -0.2) is 68.0 Å². The summed E-state index contributed by atoms with van der Waals surface area (Å²) in [7, 11) is 0. The largest absolute Gasteiger partial charge is 0.367 e. The molecular weight excluding hydrogens is 770 g/mol. The number of halogens is 4. The molecule has 0 bridgehead atoms. The van der Waals surface area contributed by atoms with E-state index in [1.165, 1.54) is 34.8 Å². The van der Waals surface area contributed by atoms with E-state index in [2.05, 4.69) is 40.4 Å². The van der Waals surface area contributed by atoms with Gasteiger partial charge in [-0.15, -0.1) is 22.7 Å². The Labute approximate surface area is 329 Å². The molecule has 2 saturated heterocycles. The van der Waals surface area contributed by atoms with Crippen LogP contribution in [0.4, 0.5) is 20.4 Å². The lowest BCUT2D eigenvalue weighted by Gasteiger charge is -2.32. The zero-order valence-electron chi connectivity index (χ0n) is 28.9. The molecule has 0 radical (unpaired) electrons. The molecule has 2 aliphatic heterocycles. The summed E-state index contributed by atoms with van der Waals surface area (Å²) in [6.45, 7) is 5.15. The lowest BCUT2D eigenvalue weighted by Crippen LogP contribution is -2.38. The number of benzene rings is 2. The molecule has 6 heterocycles. The Hall–Kier alpha value is -4.54. The lowest BCUT2D eigenvalue weighted by molar-refractivity contribution is 0.211. The molecule has 10 nitrogen and oxygen atoms in total. The number of aromatic nitrogens is 4. The van der Waals surface area contributed by atoms with Gasteiger partial charge in [0.25, 0.3) is 0 Å². The van der Waals surface area contributed by atoms with Crippen molar-refractivity contribution in [2.75, 3.05) is 36.8 Å². The highest BCUT2D eigenvalue weighted by Crippen LogP contribution is 2.33. The van der Waals surface area contributed by atoms with E-state index in [9.17, 15) is 8.78 Å². The molecule has 6 aromatic rings. The van der Waals surface area contributed by atoms with Gasteiger partial charge in [-0.05, 0) is 73.2 Å². The third kappa shape index (κ3) is 9.21. The number of fused-ring (bicyclic) bond motifs is 2. The number of hydrogen-bond acceptors (Lipinski definition) is 12. The molecule has 2 aliphatic rings. The first-order chi connectivity index (χ1) is 26.2. The Kier molecular flexibility index (Phi) is 12.1. The molecule has 0 atom stereocenters. The van der Waals surface area contributed by atoms with Crippen LogP contribution in [0.25, 0.3) is 20.4 Å². The van der Waals surface area contributed by atoms with Crippen LogP contribution < -0.4 is 10.6 Å². The predicted octanol–water partition coefficient (Wildman–Crippen LogP) is 8.86. The van der Waals surface area contributed by atoms with E-state index in [-0.39, 0.29) is 11.1 Å². The van der Waals surface area contributed by atoms with Gasteiger partial charge < -0.3 is 10.6 Å². The normalized spacial score (nSPS) is 15.7. The van der Waals surface area contributed by atoms with Crippen LogP contribution in [-0.2, 0) is 13.1 Å². The Morgan fingerprint density at radius 1 is 0.648 bits per heavy atom. The summed E-state index contributed by atoms with van der Waals surface area (Å²) in [6, 6.07) is 17.8. The molecule has 16 heteroatoms. The number of rotatable bonds is 8. The van der Waals surface area contributed by atoms with E-state index in [4.69, 9.17) is 33.7 Å². The topological polar surface area (TPSA) is 130 Å². The van der Waals surface area contributed by atoms with Crippen molar-refractivity contribution in [2.24, 2.45) is 0 Å². The van der Waals surface area contributed by atoms with E-state index in [1.54, 1.807) is 36.9 Å². The van der Waals surface area contributed by atoms with Crippen molar-refractivity contribution >= 4 is 77.9 Å². The summed E-state index contributed by atoms with van der Waals surface area (Å²) in [5, 5.41) is 26.9. The third-order valence-electron chi connectivity index (χ3n) is 9.57. The van der Waals surface area contributed by atoms with E-state index in [1.807, 2.05) is 24.3 Å². The van der Waals surface area contributed by atoms with Gasteiger partial charge in [0.2, 0.25) is 0 Å². The lowest BCUT2D eigenvalue weighted by atomic mass is 10.0. The maximum absolute atomic E-state index is 13.5. The van der Waals surface area contributed by atoms with Gasteiger partial charge in [0.1, 0.15) is 57.7 Å². The van der Waals surface area contributed by atoms with Crippen molar-refractivity contribution in [1.82, 2.24) is 29.7 Å². The summed E-state index contributed by atoms with van der Waals surface area (Å²) >= 11 is 15.1. The fraction of sp³-hybridized carbons (Fsp3) is 0.316. The SMILES string of the molecule is N#Cc1cc(CN2CCC(Nc3ncnc4sc(Cl)cc34)CC2)ccc1F.N#Cc1cc(CN2CCC(Nc3ncnc4sc(Cl)cc34)CC2)ccc1F. The van der Waals surface area contributed by atoms with Crippen molar-refractivity contribution in [3.63, 3.8) is 0 Å². The van der Waals surface area contributed by atoms with Gasteiger partial charge in [0.05, 0.1) is 30.6 Å². The molecule has 0 unspecified atom stereocenters. The monoisotopic (exact) mass is 802 g/mol.